The summed E-state index contributed by atoms with van der Waals surface area (Å²) >= 11 is 0. The Morgan fingerprint density at radius 3 is 2.55 bits per heavy atom. The van der Waals surface area contributed by atoms with E-state index in [1.54, 1.807) is 12.1 Å². The number of hydrogen-bond donors (Lipinski definition) is 2. The van der Waals surface area contributed by atoms with E-state index in [2.05, 4.69) is 11.8 Å². The fourth-order valence-corrected chi connectivity index (χ4v) is 3.78. The number of likely N-dealkylation sites (tertiary alicyclic amines) is 1. The van der Waals surface area contributed by atoms with Crippen LogP contribution in [0.4, 0.5) is 0 Å². The quantitative estimate of drug-likeness (QED) is 0.632. The summed E-state index contributed by atoms with van der Waals surface area (Å²) in [5.74, 6) is 0.0800. The van der Waals surface area contributed by atoms with Crippen LogP contribution >= 0.6 is 0 Å². The minimum absolute atomic E-state index is 0.0557. The molecule has 1 aromatic carbocycles. The summed E-state index contributed by atoms with van der Waals surface area (Å²) in [6.45, 7) is 3.71. The van der Waals surface area contributed by atoms with Crippen molar-refractivity contribution >= 4 is 15.7 Å². The van der Waals surface area contributed by atoms with Crippen LogP contribution in [0.5, 0.6) is 0 Å². The van der Waals surface area contributed by atoms with E-state index in [1.807, 2.05) is 0 Å². The van der Waals surface area contributed by atoms with Crippen LogP contribution in [-0.2, 0) is 9.84 Å². The van der Waals surface area contributed by atoms with Crippen LogP contribution in [0.25, 0.3) is 0 Å². The molecule has 1 saturated heterocycles. The van der Waals surface area contributed by atoms with Crippen molar-refractivity contribution in [1.29, 1.82) is 5.41 Å². The molecule has 1 unspecified atom stereocenters. The molecule has 0 saturated carbocycles. The van der Waals surface area contributed by atoms with Gasteiger partial charge in [-0.3, -0.25) is 10.3 Å². The third-order valence-corrected chi connectivity index (χ3v) is 5.57. The van der Waals surface area contributed by atoms with Crippen molar-refractivity contribution in [1.82, 2.24) is 4.90 Å². The predicted octanol–water partition coefficient (Wildman–Crippen LogP) is 1.23. The lowest BCUT2D eigenvalue weighted by Crippen LogP contribution is -2.32. The van der Waals surface area contributed by atoms with E-state index >= 15 is 0 Å². The van der Waals surface area contributed by atoms with Gasteiger partial charge in [-0.15, -0.1) is 0 Å². The Labute approximate surface area is 120 Å². The van der Waals surface area contributed by atoms with Gasteiger partial charge in [-0.2, -0.15) is 0 Å². The molecule has 5 nitrogen and oxygen atoms in total. The summed E-state index contributed by atoms with van der Waals surface area (Å²) in [4.78, 5) is 2.52. The second-order valence-corrected chi connectivity index (χ2v) is 7.39. The molecule has 2 rings (SSSR count). The molecule has 1 aromatic rings. The maximum Gasteiger partial charge on any atom is 0.179 e. The summed E-state index contributed by atoms with van der Waals surface area (Å²) in [6, 6.07) is 6.69. The summed E-state index contributed by atoms with van der Waals surface area (Å²) in [5.41, 5.74) is 5.90. The summed E-state index contributed by atoms with van der Waals surface area (Å²) < 4.78 is 24.5. The Kier molecular flexibility index (Phi) is 4.45. The van der Waals surface area contributed by atoms with Crippen molar-refractivity contribution in [2.45, 2.75) is 30.7 Å². The normalized spacial score (nSPS) is 20.1. The average Bonchev–Trinajstić information content (AvgIpc) is 2.82. The monoisotopic (exact) mass is 295 g/mol. The molecule has 6 heteroatoms. The number of nitrogens with two attached hydrogens (primary N) is 1. The van der Waals surface area contributed by atoms with E-state index in [0.29, 0.717) is 23.0 Å². The molecule has 20 heavy (non-hydrogen) atoms. The standard InChI is InChI=1S/C14H21N3O2S/c1-11-3-2-8-17(11)9-10-20(18,19)13-6-4-12(5-7-13)14(15)16/h4-7,11H,2-3,8-10H2,1H3,(H3,15,16). The second kappa shape index (κ2) is 5.93. The van der Waals surface area contributed by atoms with Crippen LogP contribution in [0.2, 0.25) is 0 Å². The predicted molar refractivity (Wildman–Crippen MR) is 79.8 cm³/mol. The van der Waals surface area contributed by atoms with Gasteiger partial charge in [0.1, 0.15) is 5.84 Å². The van der Waals surface area contributed by atoms with E-state index in [-0.39, 0.29) is 11.6 Å². The Balaban J connectivity index is 2.04. The largest absolute Gasteiger partial charge is 0.384 e. The fourth-order valence-electron chi connectivity index (χ4n) is 2.52. The highest BCUT2D eigenvalue weighted by atomic mass is 32.2. The maximum absolute atomic E-state index is 12.3. The Morgan fingerprint density at radius 1 is 1.40 bits per heavy atom. The molecule has 1 aliphatic heterocycles. The molecule has 0 aromatic heterocycles. The first kappa shape index (κ1) is 15.0. The van der Waals surface area contributed by atoms with Crippen LogP contribution < -0.4 is 5.73 Å². The zero-order valence-electron chi connectivity index (χ0n) is 11.7. The number of amidine groups is 1. The van der Waals surface area contributed by atoms with Crippen LogP contribution in [0.15, 0.2) is 29.2 Å². The lowest BCUT2D eigenvalue weighted by molar-refractivity contribution is 0.284. The number of nitrogens with one attached hydrogen (secondary N) is 1. The number of benzene rings is 1. The molecule has 0 spiro atoms. The highest BCUT2D eigenvalue weighted by molar-refractivity contribution is 7.91. The van der Waals surface area contributed by atoms with Gasteiger partial charge in [0.15, 0.2) is 9.84 Å². The lowest BCUT2D eigenvalue weighted by atomic mass is 10.2. The Morgan fingerprint density at radius 2 is 2.05 bits per heavy atom. The number of hydrogen-bond acceptors (Lipinski definition) is 4. The van der Waals surface area contributed by atoms with Gasteiger partial charge in [-0.05, 0) is 38.4 Å². The van der Waals surface area contributed by atoms with E-state index in [0.717, 1.165) is 19.4 Å². The topological polar surface area (TPSA) is 87.2 Å². The minimum Gasteiger partial charge on any atom is -0.384 e. The second-order valence-electron chi connectivity index (χ2n) is 5.28. The molecule has 0 radical (unpaired) electrons. The van der Waals surface area contributed by atoms with Crippen LogP contribution in [0, 0.1) is 5.41 Å². The molecule has 1 aliphatic rings. The van der Waals surface area contributed by atoms with Gasteiger partial charge in [0.25, 0.3) is 0 Å². The van der Waals surface area contributed by atoms with Crippen molar-refractivity contribution in [3.63, 3.8) is 0 Å². The highest BCUT2D eigenvalue weighted by Crippen LogP contribution is 2.18. The van der Waals surface area contributed by atoms with Gasteiger partial charge in [0, 0.05) is 18.2 Å². The number of rotatable bonds is 5. The van der Waals surface area contributed by atoms with E-state index < -0.39 is 9.84 Å². The summed E-state index contributed by atoms with van der Waals surface area (Å²) in [7, 11) is -3.27. The van der Waals surface area contributed by atoms with Crippen molar-refractivity contribution in [3.05, 3.63) is 29.8 Å². The van der Waals surface area contributed by atoms with Gasteiger partial charge in [0.2, 0.25) is 0 Å². The molecule has 1 atom stereocenters. The molecule has 1 fully saturated rings. The molecule has 3 N–H and O–H groups in total. The Bertz CT molecular complexity index is 581. The van der Waals surface area contributed by atoms with Crippen LogP contribution in [0.3, 0.4) is 0 Å². The number of nitrogen functional groups attached to an aromatic ring is 1. The molecule has 1 heterocycles. The molecule has 0 aliphatic carbocycles. The number of sulfone groups is 1. The van der Waals surface area contributed by atoms with Gasteiger partial charge >= 0.3 is 0 Å². The third kappa shape index (κ3) is 3.37. The SMILES string of the molecule is CC1CCCN1CCS(=O)(=O)c1ccc(C(=N)N)cc1. The first-order valence-corrected chi connectivity index (χ1v) is 8.46. The van der Waals surface area contributed by atoms with E-state index in [9.17, 15) is 8.42 Å². The molecular weight excluding hydrogens is 274 g/mol. The molecule has 110 valence electrons. The zero-order valence-corrected chi connectivity index (χ0v) is 12.5. The summed E-state index contributed by atoms with van der Waals surface area (Å²) in [6.07, 6.45) is 2.29. The minimum atomic E-state index is -3.27. The average molecular weight is 295 g/mol. The van der Waals surface area contributed by atoms with Crippen molar-refractivity contribution < 1.29 is 8.42 Å². The highest BCUT2D eigenvalue weighted by Gasteiger charge is 2.23. The van der Waals surface area contributed by atoms with Crippen molar-refractivity contribution in [3.8, 4) is 0 Å². The lowest BCUT2D eigenvalue weighted by Gasteiger charge is -2.20. The molecular formula is C14H21N3O2S. The van der Waals surface area contributed by atoms with Gasteiger partial charge in [-0.25, -0.2) is 8.42 Å². The maximum atomic E-state index is 12.3. The van der Waals surface area contributed by atoms with E-state index in [4.69, 9.17) is 11.1 Å². The molecule has 0 amide bonds. The Hall–Kier alpha value is -1.40. The zero-order chi connectivity index (χ0) is 14.8. The third-order valence-electron chi connectivity index (χ3n) is 3.86. The summed E-state index contributed by atoms with van der Waals surface area (Å²) in [5, 5.41) is 7.30. The van der Waals surface area contributed by atoms with Gasteiger partial charge < -0.3 is 5.73 Å². The van der Waals surface area contributed by atoms with Crippen molar-refractivity contribution in [2.75, 3.05) is 18.8 Å². The smallest absolute Gasteiger partial charge is 0.179 e. The number of nitrogens with zero attached hydrogens (tertiary/aromatic N) is 1. The van der Waals surface area contributed by atoms with Crippen molar-refractivity contribution in [2.24, 2.45) is 5.73 Å². The van der Waals surface area contributed by atoms with E-state index in [1.165, 1.54) is 12.1 Å². The first-order chi connectivity index (χ1) is 9.40. The molecule has 0 bridgehead atoms. The van der Waals surface area contributed by atoms with Crippen LogP contribution in [0.1, 0.15) is 25.3 Å². The van der Waals surface area contributed by atoms with Crippen LogP contribution in [-0.4, -0.2) is 44.0 Å². The van der Waals surface area contributed by atoms with Gasteiger partial charge in [0.05, 0.1) is 10.6 Å². The fraction of sp³-hybridized carbons (Fsp3) is 0.500. The first-order valence-electron chi connectivity index (χ1n) is 6.81. The van der Waals surface area contributed by atoms with Gasteiger partial charge in [-0.1, -0.05) is 12.1 Å².